The number of hydrogen-bond donors (Lipinski definition) is 0. The van der Waals surface area contributed by atoms with Gasteiger partial charge in [0.15, 0.2) is 0 Å². The van der Waals surface area contributed by atoms with Crippen LogP contribution in [0.2, 0.25) is 0 Å². The lowest BCUT2D eigenvalue weighted by Crippen LogP contribution is -2.18. The fourth-order valence-corrected chi connectivity index (χ4v) is 3.42. The summed E-state index contributed by atoms with van der Waals surface area (Å²) in [7, 11) is 0. The SMILES string of the molecule is CCC(C)[SH+]CCCCCCC1CCCCO1. The zero-order valence-electron chi connectivity index (χ0n) is 11.8. The summed E-state index contributed by atoms with van der Waals surface area (Å²) in [5, 5.41) is 0.908. The molecule has 0 aromatic rings. The molecule has 1 fully saturated rings. The second kappa shape index (κ2) is 10.3. The van der Waals surface area contributed by atoms with E-state index in [0.29, 0.717) is 6.10 Å². The van der Waals surface area contributed by atoms with Crippen molar-refractivity contribution in [2.45, 2.75) is 83.0 Å². The van der Waals surface area contributed by atoms with Crippen molar-refractivity contribution in [2.75, 3.05) is 12.4 Å². The molecule has 1 aliphatic heterocycles. The third kappa shape index (κ3) is 8.10. The van der Waals surface area contributed by atoms with Crippen molar-refractivity contribution in [3.05, 3.63) is 0 Å². The molecule has 1 nitrogen and oxygen atoms in total. The average molecular weight is 259 g/mol. The van der Waals surface area contributed by atoms with Crippen LogP contribution >= 0.6 is 0 Å². The minimum Gasteiger partial charge on any atom is -0.378 e. The summed E-state index contributed by atoms with van der Waals surface area (Å²) in [4.78, 5) is 0. The van der Waals surface area contributed by atoms with Gasteiger partial charge in [-0.25, -0.2) is 0 Å². The molecule has 0 saturated carbocycles. The molecule has 1 saturated heterocycles. The van der Waals surface area contributed by atoms with Gasteiger partial charge >= 0.3 is 0 Å². The van der Waals surface area contributed by atoms with E-state index in [4.69, 9.17) is 4.74 Å². The Labute approximate surface area is 112 Å². The Kier molecular flexibility index (Phi) is 9.27. The lowest BCUT2D eigenvalue weighted by Gasteiger charge is -2.22. The second-order valence-electron chi connectivity index (χ2n) is 5.35. The Hall–Kier alpha value is 0.310. The van der Waals surface area contributed by atoms with E-state index in [1.807, 2.05) is 0 Å². The molecule has 2 atom stereocenters. The molecule has 0 spiro atoms. The van der Waals surface area contributed by atoms with Crippen LogP contribution in [0.3, 0.4) is 0 Å². The zero-order valence-corrected chi connectivity index (χ0v) is 12.7. The molecule has 0 amide bonds. The minimum absolute atomic E-state index is 0.599. The fraction of sp³-hybridized carbons (Fsp3) is 1.00. The number of hydrogen-bond acceptors (Lipinski definition) is 1. The Morgan fingerprint density at radius 3 is 2.71 bits per heavy atom. The fourth-order valence-electron chi connectivity index (χ4n) is 2.31. The highest BCUT2D eigenvalue weighted by molar-refractivity contribution is 7.79. The maximum atomic E-state index is 5.75. The van der Waals surface area contributed by atoms with E-state index in [2.05, 4.69) is 13.8 Å². The lowest BCUT2D eigenvalue weighted by molar-refractivity contribution is 0.00979. The van der Waals surface area contributed by atoms with Crippen molar-refractivity contribution in [3.8, 4) is 0 Å². The average Bonchev–Trinajstić information content (AvgIpc) is 2.38. The smallest absolute Gasteiger partial charge is 0.112 e. The van der Waals surface area contributed by atoms with E-state index in [9.17, 15) is 0 Å². The molecule has 0 aromatic heterocycles. The summed E-state index contributed by atoms with van der Waals surface area (Å²) in [6, 6.07) is 0. The Bertz CT molecular complexity index is 166. The van der Waals surface area contributed by atoms with Crippen LogP contribution in [0.1, 0.15) is 71.6 Å². The highest BCUT2D eigenvalue weighted by Gasteiger charge is 2.12. The summed E-state index contributed by atoms with van der Waals surface area (Å²) in [6.45, 7) is 5.67. The first-order chi connectivity index (χ1) is 8.33. The molecular formula is C15H31OS+. The van der Waals surface area contributed by atoms with Gasteiger partial charge in [0, 0.05) is 6.61 Å². The van der Waals surface area contributed by atoms with Gasteiger partial charge in [-0.05, 0) is 63.6 Å². The second-order valence-corrected chi connectivity index (χ2v) is 7.05. The molecule has 0 aliphatic carbocycles. The predicted molar refractivity (Wildman–Crippen MR) is 80.1 cm³/mol. The molecule has 17 heavy (non-hydrogen) atoms. The van der Waals surface area contributed by atoms with Crippen molar-refractivity contribution >= 4 is 11.8 Å². The summed E-state index contributed by atoms with van der Waals surface area (Å²) < 4.78 is 5.75. The third-order valence-corrected chi connectivity index (χ3v) is 5.30. The van der Waals surface area contributed by atoms with Gasteiger partial charge in [-0.2, -0.15) is 0 Å². The van der Waals surface area contributed by atoms with E-state index >= 15 is 0 Å². The van der Waals surface area contributed by atoms with Crippen LogP contribution in [0.25, 0.3) is 0 Å². The first-order valence-electron chi connectivity index (χ1n) is 7.61. The van der Waals surface area contributed by atoms with E-state index < -0.39 is 0 Å². The number of rotatable bonds is 9. The standard InChI is InChI=1S/C15H30OS/c1-3-14(2)17-13-9-5-4-6-10-15-11-7-8-12-16-15/h14-15H,3-13H2,1-2H3/p+1. The molecule has 1 rings (SSSR count). The molecule has 1 heterocycles. The summed E-state index contributed by atoms with van der Waals surface area (Å²) in [5.41, 5.74) is 0. The van der Waals surface area contributed by atoms with Crippen molar-refractivity contribution in [1.29, 1.82) is 0 Å². The molecule has 2 unspecified atom stereocenters. The first-order valence-corrected chi connectivity index (χ1v) is 8.76. The monoisotopic (exact) mass is 259 g/mol. The maximum absolute atomic E-state index is 5.75. The summed E-state index contributed by atoms with van der Waals surface area (Å²) >= 11 is 1.67. The van der Waals surface area contributed by atoms with Crippen molar-refractivity contribution in [2.24, 2.45) is 0 Å². The molecule has 2 heteroatoms. The van der Waals surface area contributed by atoms with Gasteiger partial charge in [0.05, 0.1) is 6.10 Å². The van der Waals surface area contributed by atoms with E-state index in [1.165, 1.54) is 63.5 Å². The third-order valence-electron chi connectivity index (χ3n) is 3.74. The Balaban J connectivity index is 1.80. The topological polar surface area (TPSA) is 9.23 Å². The van der Waals surface area contributed by atoms with Crippen LogP contribution < -0.4 is 0 Å². The van der Waals surface area contributed by atoms with E-state index in [1.54, 1.807) is 11.8 Å². The Morgan fingerprint density at radius 1 is 1.18 bits per heavy atom. The largest absolute Gasteiger partial charge is 0.378 e. The van der Waals surface area contributed by atoms with Gasteiger partial charge in [0.2, 0.25) is 0 Å². The molecule has 0 N–H and O–H groups in total. The number of ether oxygens (including phenoxy) is 1. The van der Waals surface area contributed by atoms with E-state index in [-0.39, 0.29) is 0 Å². The number of unbranched alkanes of at least 4 members (excludes halogenated alkanes) is 3. The van der Waals surface area contributed by atoms with Gasteiger partial charge < -0.3 is 4.74 Å². The normalized spacial score (nSPS) is 22.6. The lowest BCUT2D eigenvalue weighted by atomic mass is 10.0. The zero-order chi connectivity index (χ0) is 12.3. The van der Waals surface area contributed by atoms with Gasteiger partial charge in [0.1, 0.15) is 11.0 Å². The van der Waals surface area contributed by atoms with Crippen LogP contribution in [0.15, 0.2) is 0 Å². The van der Waals surface area contributed by atoms with Crippen LogP contribution in [0.4, 0.5) is 0 Å². The van der Waals surface area contributed by atoms with Gasteiger partial charge in [-0.1, -0.05) is 19.8 Å². The maximum Gasteiger partial charge on any atom is 0.112 e. The number of thiol groups is 1. The predicted octanol–water partition coefficient (Wildman–Crippen LogP) is 4.12. The highest BCUT2D eigenvalue weighted by Crippen LogP contribution is 2.18. The van der Waals surface area contributed by atoms with Gasteiger partial charge in [-0.3, -0.25) is 0 Å². The Morgan fingerprint density at radius 2 is 2.00 bits per heavy atom. The van der Waals surface area contributed by atoms with Crippen LogP contribution in [-0.2, 0) is 16.5 Å². The molecule has 0 bridgehead atoms. The summed E-state index contributed by atoms with van der Waals surface area (Å²) in [6.07, 6.45) is 12.9. The van der Waals surface area contributed by atoms with Gasteiger partial charge in [0.25, 0.3) is 0 Å². The molecule has 0 aromatic carbocycles. The molecular weight excluding hydrogens is 228 g/mol. The van der Waals surface area contributed by atoms with Crippen molar-refractivity contribution < 1.29 is 4.74 Å². The van der Waals surface area contributed by atoms with Crippen molar-refractivity contribution in [3.63, 3.8) is 0 Å². The van der Waals surface area contributed by atoms with E-state index in [0.717, 1.165) is 11.9 Å². The van der Waals surface area contributed by atoms with Crippen LogP contribution in [0.5, 0.6) is 0 Å². The van der Waals surface area contributed by atoms with Crippen LogP contribution in [-0.4, -0.2) is 23.7 Å². The first kappa shape index (κ1) is 15.4. The molecule has 1 aliphatic rings. The van der Waals surface area contributed by atoms with Crippen LogP contribution in [0, 0.1) is 0 Å². The highest BCUT2D eigenvalue weighted by atomic mass is 32.2. The van der Waals surface area contributed by atoms with Crippen molar-refractivity contribution in [1.82, 2.24) is 0 Å². The molecule has 102 valence electrons. The molecule has 0 radical (unpaired) electrons. The summed E-state index contributed by atoms with van der Waals surface area (Å²) in [5.74, 6) is 1.41. The quantitative estimate of drug-likeness (QED) is 0.344. The minimum atomic E-state index is 0.599. The van der Waals surface area contributed by atoms with Gasteiger partial charge in [-0.15, -0.1) is 0 Å².